The maximum atomic E-state index is 13.1. The molecule has 0 atom stereocenters. The van der Waals surface area contributed by atoms with Crippen LogP contribution in [0.4, 0.5) is 4.39 Å². The molecular formula is C22H14ClFN2O3S. The fourth-order valence-electron chi connectivity index (χ4n) is 2.89. The summed E-state index contributed by atoms with van der Waals surface area (Å²) < 4.78 is 17.8. The second-order valence-electron chi connectivity index (χ2n) is 6.34. The van der Waals surface area contributed by atoms with E-state index >= 15 is 0 Å². The fourth-order valence-corrected chi connectivity index (χ4v) is 4.12. The number of aromatic nitrogens is 2. The lowest BCUT2D eigenvalue weighted by Gasteiger charge is -2.04. The van der Waals surface area contributed by atoms with E-state index < -0.39 is 5.97 Å². The van der Waals surface area contributed by atoms with Crippen LogP contribution < -0.4 is 5.56 Å². The molecule has 1 N–H and O–H groups in total. The third-order valence-electron chi connectivity index (χ3n) is 4.38. The van der Waals surface area contributed by atoms with E-state index in [1.807, 2.05) is 12.1 Å². The Morgan fingerprint density at radius 3 is 2.67 bits per heavy atom. The Labute approximate surface area is 179 Å². The van der Waals surface area contributed by atoms with Gasteiger partial charge in [0, 0.05) is 9.75 Å². The molecular weight excluding hydrogens is 427 g/mol. The van der Waals surface area contributed by atoms with E-state index in [-0.39, 0.29) is 27.8 Å². The Morgan fingerprint density at radius 1 is 1.17 bits per heavy atom. The predicted molar refractivity (Wildman–Crippen MR) is 117 cm³/mol. The molecule has 2 aromatic carbocycles. The van der Waals surface area contributed by atoms with Gasteiger partial charge < -0.3 is 9.72 Å². The Bertz CT molecular complexity index is 1340. The number of nitrogens with zero attached hydrogens (tertiary/aromatic N) is 1. The number of H-pyrrole nitrogens is 1. The number of nitrogens with one attached hydrogen (secondary N) is 1. The molecule has 2 aromatic heterocycles. The third-order valence-corrected chi connectivity index (χ3v) is 5.75. The smallest absolute Gasteiger partial charge is 0.337 e. The summed E-state index contributed by atoms with van der Waals surface area (Å²) in [6.07, 6.45) is 1.69. The molecule has 4 rings (SSSR count). The summed E-state index contributed by atoms with van der Waals surface area (Å²) in [5.74, 6) is -0.623. The lowest BCUT2D eigenvalue weighted by molar-refractivity contribution is 0.0601. The number of methoxy groups -OCH3 is 1. The molecule has 150 valence electrons. The number of fused-ring (bicyclic) bond motifs is 1. The van der Waals surface area contributed by atoms with Gasteiger partial charge in [0.25, 0.3) is 5.56 Å². The number of thiophene rings is 1. The van der Waals surface area contributed by atoms with Crippen molar-refractivity contribution in [3.63, 3.8) is 0 Å². The number of halogens is 2. The predicted octanol–water partition coefficient (Wildman–Crippen LogP) is 5.31. The highest BCUT2D eigenvalue weighted by molar-refractivity contribution is 7.16. The van der Waals surface area contributed by atoms with E-state index in [9.17, 15) is 14.0 Å². The molecule has 0 spiro atoms. The zero-order valence-corrected chi connectivity index (χ0v) is 17.2. The van der Waals surface area contributed by atoms with Crippen molar-refractivity contribution in [1.82, 2.24) is 9.97 Å². The number of esters is 1. The van der Waals surface area contributed by atoms with E-state index in [2.05, 4.69) is 9.97 Å². The highest BCUT2D eigenvalue weighted by Crippen LogP contribution is 2.31. The van der Waals surface area contributed by atoms with Gasteiger partial charge in [-0.25, -0.2) is 14.2 Å². The molecule has 0 saturated carbocycles. The highest BCUT2D eigenvalue weighted by atomic mass is 35.5. The lowest BCUT2D eigenvalue weighted by Crippen LogP contribution is -2.11. The molecule has 0 radical (unpaired) electrons. The molecule has 0 aliphatic carbocycles. The number of hydrogen-bond donors (Lipinski definition) is 1. The topological polar surface area (TPSA) is 72.1 Å². The van der Waals surface area contributed by atoms with Gasteiger partial charge in [0.15, 0.2) is 5.82 Å². The molecule has 5 nitrogen and oxygen atoms in total. The molecule has 0 aliphatic heterocycles. The van der Waals surface area contributed by atoms with Gasteiger partial charge in [-0.3, -0.25) is 4.79 Å². The summed E-state index contributed by atoms with van der Waals surface area (Å²) >= 11 is 7.88. The monoisotopic (exact) mass is 440 g/mol. The molecule has 0 amide bonds. The number of benzene rings is 2. The quantitative estimate of drug-likeness (QED) is 0.436. The normalized spacial score (nSPS) is 11.6. The summed E-state index contributed by atoms with van der Waals surface area (Å²) in [7, 11) is 1.28. The first-order valence-corrected chi connectivity index (χ1v) is 10.00. The Morgan fingerprint density at radius 2 is 1.93 bits per heavy atom. The van der Waals surface area contributed by atoms with Gasteiger partial charge in [0.1, 0.15) is 5.82 Å². The van der Waals surface area contributed by atoms with Crippen LogP contribution in [0.1, 0.15) is 21.1 Å². The van der Waals surface area contributed by atoms with Crippen molar-refractivity contribution in [2.45, 2.75) is 0 Å². The van der Waals surface area contributed by atoms with E-state index in [1.54, 1.807) is 18.2 Å². The minimum Gasteiger partial charge on any atom is -0.465 e. The fraction of sp³-hybridized carbons (Fsp3) is 0.0455. The molecule has 0 aliphatic rings. The largest absolute Gasteiger partial charge is 0.465 e. The summed E-state index contributed by atoms with van der Waals surface area (Å²) in [4.78, 5) is 33.0. The number of aromatic amines is 1. The van der Waals surface area contributed by atoms with Gasteiger partial charge >= 0.3 is 5.97 Å². The maximum absolute atomic E-state index is 13.1. The van der Waals surface area contributed by atoms with Gasteiger partial charge in [0.05, 0.1) is 28.6 Å². The average Bonchev–Trinajstić information content (AvgIpc) is 3.21. The van der Waals surface area contributed by atoms with Crippen molar-refractivity contribution in [3.05, 3.63) is 87.0 Å². The van der Waals surface area contributed by atoms with Gasteiger partial charge in [-0.05, 0) is 54.1 Å². The summed E-state index contributed by atoms with van der Waals surface area (Å²) in [5.41, 5.74) is 1.15. The number of carbonyl (C=O) groups excluding carboxylic acids is 1. The molecule has 0 saturated heterocycles. The molecule has 0 fully saturated rings. The van der Waals surface area contributed by atoms with Gasteiger partial charge in [-0.2, -0.15) is 0 Å². The number of ether oxygens (including phenoxy) is 1. The van der Waals surface area contributed by atoms with Crippen LogP contribution in [0, 0.1) is 5.82 Å². The second kappa shape index (κ2) is 8.22. The zero-order chi connectivity index (χ0) is 21.3. The summed E-state index contributed by atoms with van der Waals surface area (Å²) in [6, 6.07) is 14.5. The second-order valence-corrected chi connectivity index (χ2v) is 7.86. The van der Waals surface area contributed by atoms with Crippen LogP contribution in [0.5, 0.6) is 0 Å². The maximum Gasteiger partial charge on any atom is 0.337 e. The van der Waals surface area contributed by atoms with Crippen LogP contribution in [-0.2, 0) is 4.74 Å². The molecule has 0 bridgehead atoms. The lowest BCUT2D eigenvalue weighted by atomic mass is 10.1. The van der Waals surface area contributed by atoms with Gasteiger partial charge in [0.2, 0.25) is 0 Å². The van der Waals surface area contributed by atoms with Crippen molar-refractivity contribution in [1.29, 1.82) is 0 Å². The number of rotatable bonds is 4. The Hall–Kier alpha value is -3.29. The molecule has 4 aromatic rings. The SMILES string of the molecule is COC(=O)c1ccc2c(=O)[nH]c(/C(Cl)=C/c3ccc(-c4ccc(F)cc4)s3)nc2c1. The van der Waals surface area contributed by atoms with Crippen molar-refractivity contribution in [3.8, 4) is 10.4 Å². The van der Waals surface area contributed by atoms with Crippen molar-refractivity contribution < 1.29 is 13.9 Å². The van der Waals surface area contributed by atoms with Crippen LogP contribution in [0.25, 0.3) is 32.5 Å². The number of hydrogen-bond acceptors (Lipinski definition) is 5. The van der Waals surface area contributed by atoms with Crippen molar-refractivity contribution in [2.75, 3.05) is 7.11 Å². The summed E-state index contributed by atoms with van der Waals surface area (Å²) in [6.45, 7) is 0. The van der Waals surface area contributed by atoms with E-state index in [4.69, 9.17) is 16.3 Å². The first-order valence-electron chi connectivity index (χ1n) is 8.80. The van der Waals surface area contributed by atoms with Gasteiger partial charge in [-0.15, -0.1) is 11.3 Å². The van der Waals surface area contributed by atoms with Crippen LogP contribution in [0.3, 0.4) is 0 Å². The average molecular weight is 441 g/mol. The minimum atomic E-state index is -0.519. The molecule has 8 heteroatoms. The zero-order valence-electron chi connectivity index (χ0n) is 15.6. The minimum absolute atomic E-state index is 0.188. The van der Waals surface area contributed by atoms with Crippen LogP contribution in [-0.4, -0.2) is 23.0 Å². The first-order chi connectivity index (χ1) is 14.4. The number of carbonyl (C=O) groups is 1. The van der Waals surface area contributed by atoms with Crippen LogP contribution >= 0.6 is 22.9 Å². The molecule has 2 heterocycles. The van der Waals surface area contributed by atoms with Crippen LogP contribution in [0.15, 0.2) is 59.4 Å². The van der Waals surface area contributed by atoms with E-state index in [0.29, 0.717) is 10.9 Å². The van der Waals surface area contributed by atoms with Crippen LogP contribution in [0.2, 0.25) is 0 Å². The van der Waals surface area contributed by atoms with Gasteiger partial charge in [-0.1, -0.05) is 23.7 Å². The third kappa shape index (κ3) is 4.03. The van der Waals surface area contributed by atoms with E-state index in [1.165, 1.54) is 48.8 Å². The molecule has 0 unspecified atom stereocenters. The highest BCUT2D eigenvalue weighted by Gasteiger charge is 2.12. The Balaban J connectivity index is 1.69. The van der Waals surface area contributed by atoms with Crippen molar-refractivity contribution in [2.24, 2.45) is 0 Å². The Kier molecular flexibility index (Phi) is 5.48. The standard InChI is InChI=1S/C22H14ClFN2O3S/c1-29-22(28)13-4-8-16-18(10-13)25-20(26-21(16)27)17(23)11-15-7-9-19(30-15)12-2-5-14(24)6-3-12/h2-11H,1H3,(H,25,26,27)/b17-11-. The van der Waals surface area contributed by atoms with Crippen molar-refractivity contribution >= 4 is 50.9 Å². The molecule has 30 heavy (non-hydrogen) atoms. The summed E-state index contributed by atoms with van der Waals surface area (Å²) in [5, 5.41) is 0.579. The van der Waals surface area contributed by atoms with E-state index in [0.717, 1.165) is 15.3 Å². The first kappa shape index (κ1) is 20.0.